The zero-order chi connectivity index (χ0) is 5.70. The molecule has 8 heavy (non-hydrogen) atoms. The Hall–Kier alpha value is -0.100. The molecule has 0 rings (SSSR count). The Morgan fingerprint density at radius 3 is 2.38 bits per heavy atom. The summed E-state index contributed by atoms with van der Waals surface area (Å²) in [7, 11) is 1.45. The van der Waals surface area contributed by atoms with Gasteiger partial charge in [0.2, 0.25) is 5.11 Å². The van der Waals surface area contributed by atoms with Gasteiger partial charge < -0.3 is 0 Å². The Kier molecular flexibility index (Phi) is 9.32. The highest BCUT2D eigenvalue weighted by Gasteiger charge is 1.81. The highest BCUT2D eigenvalue weighted by atomic mass is 35.5. The Balaban J connectivity index is 0. The van der Waals surface area contributed by atoms with Crippen LogP contribution in [-0.4, -0.2) is 12.2 Å². The molecule has 0 radical (unpaired) electrons. The fourth-order valence-electron chi connectivity index (χ4n) is 0.122. The van der Waals surface area contributed by atoms with Gasteiger partial charge in [-0.3, -0.25) is 10.3 Å². The lowest BCUT2D eigenvalue weighted by Crippen LogP contribution is -2.38. The molecule has 4 nitrogen and oxygen atoms in total. The summed E-state index contributed by atoms with van der Waals surface area (Å²) >= 11 is 4.48. The minimum Gasteiger partial charge on any atom is -0.299 e. The molecule has 0 aromatic carbocycles. The minimum absolute atomic E-state index is 0. The number of hydrogen-bond acceptors (Lipinski definition) is 3. The lowest BCUT2D eigenvalue weighted by atomic mass is 11.2. The van der Waals surface area contributed by atoms with Crippen LogP contribution in [0.4, 0.5) is 0 Å². The summed E-state index contributed by atoms with van der Waals surface area (Å²) in [5, 5.41) is 0.266. The van der Waals surface area contributed by atoms with Crippen LogP contribution in [0.1, 0.15) is 0 Å². The van der Waals surface area contributed by atoms with Crippen LogP contribution < -0.4 is 16.7 Å². The van der Waals surface area contributed by atoms with Crippen LogP contribution in [0, 0.1) is 0 Å². The Labute approximate surface area is 59.1 Å². The molecule has 0 bridgehead atoms. The van der Waals surface area contributed by atoms with Crippen molar-refractivity contribution < 1.29 is 4.84 Å². The topological polar surface area (TPSA) is 59.3 Å². The number of hydrogen-bond donors (Lipinski definition) is 3. The van der Waals surface area contributed by atoms with Crippen molar-refractivity contribution in [3.63, 3.8) is 0 Å². The van der Waals surface area contributed by atoms with Crippen LogP contribution in [0.3, 0.4) is 0 Å². The fraction of sp³-hybridized carbons (Fsp3) is 0.500. The van der Waals surface area contributed by atoms with Crippen molar-refractivity contribution >= 4 is 29.7 Å². The third-order valence-electron chi connectivity index (χ3n) is 0.326. The first-order valence-electron chi connectivity index (χ1n) is 1.61. The largest absolute Gasteiger partial charge is 0.299 e. The van der Waals surface area contributed by atoms with Gasteiger partial charge in [0.15, 0.2) is 0 Å². The van der Waals surface area contributed by atoms with Gasteiger partial charge in [0.1, 0.15) is 0 Å². The van der Waals surface area contributed by atoms with Gasteiger partial charge in [-0.15, -0.1) is 12.4 Å². The van der Waals surface area contributed by atoms with Gasteiger partial charge >= 0.3 is 0 Å². The van der Waals surface area contributed by atoms with Gasteiger partial charge in [-0.25, -0.2) is 11.3 Å². The second kappa shape index (κ2) is 6.90. The summed E-state index contributed by atoms with van der Waals surface area (Å²) in [5.41, 5.74) is 4.45. The van der Waals surface area contributed by atoms with Crippen LogP contribution in [0.5, 0.6) is 0 Å². The maximum absolute atomic E-state index is 4.82. The molecule has 0 saturated heterocycles. The van der Waals surface area contributed by atoms with E-state index in [0.717, 1.165) is 0 Å². The average molecular weight is 158 g/mol. The number of hydrazine groups is 1. The monoisotopic (exact) mass is 157 g/mol. The van der Waals surface area contributed by atoms with Gasteiger partial charge in [0.25, 0.3) is 0 Å². The van der Waals surface area contributed by atoms with Crippen LogP contribution >= 0.6 is 24.6 Å². The van der Waals surface area contributed by atoms with E-state index in [9.17, 15) is 0 Å². The maximum atomic E-state index is 4.82. The summed E-state index contributed by atoms with van der Waals surface area (Å²) < 4.78 is 0. The molecule has 0 saturated carbocycles. The normalized spacial score (nSPS) is 6.75. The van der Waals surface area contributed by atoms with Crippen LogP contribution in [0.25, 0.3) is 0 Å². The molecule has 4 N–H and O–H groups in total. The van der Waals surface area contributed by atoms with Gasteiger partial charge in [-0.2, -0.15) is 0 Å². The molecule has 50 valence electrons. The minimum atomic E-state index is 0. The molecule has 0 aliphatic carbocycles. The zero-order valence-electron chi connectivity index (χ0n) is 4.30. The molecule has 0 aliphatic rings. The SMILES string of the molecule is CONC(=S)NN.Cl. The van der Waals surface area contributed by atoms with E-state index in [-0.39, 0.29) is 17.5 Å². The van der Waals surface area contributed by atoms with E-state index in [1.165, 1.54) is 7.11 Å². The van der Waals surface area contributed by atoms with Crippen molar-refractivity contribution in [2.24, 2.45) is 5.84 Å². The molecule has 0 aromatic heterocycles. The number of nitrogens with one attached hydrogen (secondary N) is 2. The highest BCUT2D eigenvalue weighted by molar-refractivity contribution is 7.80. The fourth-order valence-corrected chi connectivity index (χ4v) is 0.205. The van der Waals surface area contributed by atoms with E-state index >= 15 is 0 Å². The molecule has 0 unspecified atom stereocenters. The van der Waals surface area contributed by atoms with E-state index in [4.69, 9.17) is 5.84 Å². The van der Waals surface area contributed by atoms with Gasteiger partial charge in [0.05, 0.1) is 7.11 Å². The lowest BCUT2D eigenvalue weighted by molar-refractivity contribution is 0.143. The number of thiocarbonyl (C=S) groups is 1. The predicted molar refractivity (Wildman–Crippen MR) is 37.3 cm³/mol. The lowest BCUT2D eigenvalue weighted by Gasteiger charge is -2.00. The van der Waals surface area contributed by atoms with Crippen molar-refractivity contribution in [3.8, 4) is 0 Å². The maximum Gasteiger partial charge on any atom is 0.204 e. The molecule has 0 heterocycles. The van der Waals surface area contributed by atoms with Gasteiger partial charge in [-0.1, -0.05) is 0 Å². The first-order valence-corrected chi connectivity index (χ1v) is 2.01. The van der Waals surface area contributed by atoms with E-state index in [2.05, 4.69) is 28.0 Å². The summed E-state index contributed by atoms with van der Waals surface area (Å²) in [6.07, 6.45) is 0. The quantitative estimate of drug-likeness (QED) is 0.267. The van der Waals surface area contributed by atoms with Crippen molar-refractivity contribution in [1.29, 1.82) is 0 Å². The summed E-state index contributed by atoms with van der Waals surface area (Å²) in [6, 6.07) is 0. The number of halogens is 1. The smallest absolute Gasteiger partial charge is 0.204 e. The van der Waals surface area contributed by atoms with E-state index in [0.29, 0.717) is 0 Å². The molecule has 0 amide bonds. The standard InChI is InChI=1S/C2H7N3OS.ClH/c1-6-5-2(7)4-3;/h3H2,1H3,(H2,4,5,7);1H. The van der Waals surface area contributed by atoms with Crippen molar-refractivity contribution in [2.75, 3.05) is 7.11 Å². The van der Waals surface area contributed by atoms with Crippen LogP contribution in [0.2, 0.25) is 0 Å². The van der Waals surface area contributed by atoms with Crippen molar-refractivity contribution in [1.82, 2.24) is 10.9 Å². The Morgan fingerprint density at radius 2 is 2.25 bits per heavy atom. The van der Waals surface area contributed by atoms with Crippen LogP contribution in [-0.2, 0) is 4.84 Å². The number of hydroxylamine groups is 1. The third kappa shape index (κ3) is 5.90. The summed E-state index contributed by atoms with van der Waals surface area (Å²) in [6.45, 7) is 0. The van der Waals surface area contributed by atoms with Crippen molar-refractivity contribution in [3.05, 3.63) is 0 Å². The van der Waals surface area contributed by atoms with Crippen LogP contribution in [0.15, 0.2) is 0 Å². The summed E-state index contributed by atoms with van der Waals surface area (Å²) in [4.78, 5) is 4.36. The average Bonchev–Trinajstić information content (AvgIpc) is 1.68. The zero-order valence-corrected chi connectivity index (χ0v) is 5.94. The van der Waals surface area contributed by atoms with E-state index < -0.39 is 0 Å². The first-order chi connectivity index (χ1) is 3.31. The summed E-state index contributed by atoms with van der Waals surface area (Å²) in [5.74, 6) is 4.82. The Bertz CT molecular complexity index is 70.3. The van der Waals surface area contributed by atoms with Crippen molar-refractivity contribution in [2.45, 2.75) is 0 Å². The van der Waals surface area contributed by atoms with E-state index in [1.54, 1.807) is 0 Å². The van der Waals surface area contributed by atoms with Gasteiger partial charge in [-0.05, 0) is 12.2 Å². The number of nitrogens with two attached hydrogens (primary N) is 1. The number of rotatable bonds is 1. The van der Waals surface area contributed by atoms with E-state index in [1.807, 2.05) is 0 Å². The molecule has 0 fully saturated rings. The molecule has 0 aromatic rings. The molecule has 6 heteroatoms. The highest BCUT2D eigenvalue weighted by Crippen LogP contribution is 1.56. The Morgan fingerprint density at radius 1 is 1.75 bits per heavy atom. The van der Waals surface area contributed by atoms with Gasteiger partial charge in [0, 0.05) is 0 Å². The molecular formula is C2H8ClN3OS. The molecule has 0 spiro atoms. The second-order valence-electron chi connectivity index (χ2n) is 0.780. The third-order valence-corrected chi connectivity index (χ3v) is 0.527. The molecule has 0 atom stereocenters. The second-order valence-corrected chi connectivity index (χ2v) is 1.19. The molecular weight excluding hydrogens is 150 g/mol. The first kappa shape index (κ1) is 10.8. The predicted octanol–water partition coefficient (Wildman–Crippen LogP) is -0.693. The molecule has 0 aliphatic heterocycles.